The number of rotatable bonds is 11. The third-order valence-corrected chi connectivity index (χ3v) is 8.82. The number of benzene rings is 3. The second-order valence-corrected chi connectivity index (χ2v) is 11.8. The molecule has 3 aromatic carbocycles. The number of ether oxygens (including phenoxy) is 1. The maximum atomic E-state index is 13.6. The van der Waals surface area contributed by atoms with Crippen molar-refractivity contribution in [3.8, 4) is 16.9 Å². The fourth-order valence-electron chi connectivity index (χ4n) is 6.32. The van der Waals surface area contributed by atoms with Crippen molar-refractivity contribution in [2.24, 2.45) is 5.84 Å². The van der Waals surface area contributed by atoms with Crippen LogP contribution in [-0.4, -0.2) is 36.5 Å². The van der Waals surface area contributed by atoms with E-state index in [2.05, 4.69) is 93.8 Å². The highest BCUT2D eigenvalue weighted by atomic mass is 16.5. The van der Waals surface area contributed by atoms with Crippen LogP contribution >= 0.6 is 0 Å². The molecule has 45 heavy (non-hydrogen) atoms. The van der Waals surface area contributed by atoms with Crippen molar-refractivity contribution >= 4 is 23.7 Å². The minimum Gasteiger partial charge on any atom is -0.489 e. The summed E-state index contributed by atoms with van der Waals surface area (Å²) in [5.41, 5.74) is 9.31. The Kier molecular flexibility index (Phi) is 9.22. The first-order valence-corrected chi connectivity index (χ1v) is 15.6. The Bertz CT molecular complexity index is 1660. The van der Waals surface area contributed by atoms with Gasteiger partial charge in [-0.1, -0.05) is 79.6 Å². The van der Waals surface area contributed by atoms with Gasteiger partial charge in [-0.15, -0.1) is 0 Å². The molecule has 2 amide bonds. The lowest BCUT2D eigenvalue weighted by Crippen LogP contribution is -2.43. The zero-order valence-electron chi connectivity index (χ0n) is 25.4. The van der Waals surface area contributed by atoms with Crippen molar-refractivity contribution in [2.75, 3.05) is 25.1 Å². The number of aromatic nitrogens is 1. The molecule has 0 saturated heterocycles. The number of hydrogen-bond acceptors (Lipinski definition) is 6. The van der Waals surface area contributed by atoms with E-state index in [1.165, 1.54) is 28.5 Å². The molecule has 0 radical (unpaired) electrons. The van der Waals surface area contributed by atoms with Crippen molar-refractivity contribution in [1.29, 1.82) is 0 Å². The first-order chi connectivity index (χ1) is 22.0. The standard InChI is InChI=1S/C37H39N5O3/c38-42-34-16-14-31(24-41-34)35(43)39-19-6-20-40-36(44)37(17-4-5-18-37)32-15-13-30-22-27(25-45-33(30)23-32)21-26-9-11-29(12-10-26)28-7-2-1-3-8-28/h1-3,7-16,22-24H,4-6,17-21,25,38H2,(H,39,43)(H,40,44)(H,41,42). The van der Waals surface area contributed by atoms with Gasteiger partial charge in [-0.2, -0.15) is 0 Å². The van der Waals surface area contributed by atoms with E-state index in [9.17, 15) is 9.59 Å². The smallest absolute Gasteiger partial charge is 0.252 e. The van der Waals surface area contributed by atoms with Crippen LogP contribution in [0.2, 0.25) is 0 Å². The molecule has 2 heterocycles. The SMILES string of the molecule is NNc1ccc(C(=O)NCCCNC(=O)C2(c3ccc4c(c3)OCC(Cc3ccc(-c5ccccc5)cc3)=C4)CCCC2)cn1. The Morgan fingerprint density at radius 3 is 2.36 bits per heavy atom. The van der Waals surface area contributed by atoms with Crippen molar-refractivity contribution in [3.05, 3.63) is 119 Å². The molecule has 2 aliphatic rings. The first kappa shape index (κ1) is 30.1. The van der Waals surface area contributed by atoms with E-state index in [0.717, 1.165) is 49.0 Å². The van der Waals surface area contributed by atoms with Crippen molar-refractivity contribution < 1.29 is 14.3 Å². The average Bonchev–Trinajstić information content (AvgIpc) is 3.60. The molecule has 8 heteroatoms. The van der Waals surface area contributed by atoms with Crippen molar-refractivity contribution in [2.45, 2.75) is 43.9 Å². The molecular formula is C37H39N5O3. The summed E-state index contributed by atoms with van der Waals surface area (Å²) in [6.07, 6.45) is 8.81. The summed E-state index contributed by atoms with van der Waals surface area (Å²) in [5, 5.41) is 6.02. The van der Waals surface area contributed by atoms with Gasteiger partial charge in [-0.05, 0) is 77.8 Å². The van der Waals surface area contributed by atoms with Crippen LogP contribution in [0.1, 0.15) is 59.2 Å². The van der Waals surface area contributed by atoms with Gasteiger partial charge in [0.05, 0.1) is 11.0 Å². The number of nitrogens with one attached hydrogen (secondary N) is 3. The van der Waals surface area contributed by atoms with E-state index < -0.39 is 5.41 Å². The van der Waals surface area contributed by atoms with E-state index in [4.69, 9.17) is 10.6 Å². The predicted molar refractivity (Wildman–Crippen MR) is 178 cm³/mol. The summed E-state index contributed by atoms with van der Waals surface area (Å²) >= 11 is 0. The minimum absolute atomic E-state index is 0.0475. The Labute approximate surface area is 264 Å². The number of fused-ring (bicyclic) bond motifs is 1. The summed E-state index contributed by atoms with van der Waals surface area (Å²) in [6.45, 7) is 1.46. The molecule has 1 aromatic heterocycles. The predicted octanol–water partition coefficient (Wildman–Crippen LogP) is 5.80. The van der Waals surface area contributed by atoms with Gasteiger partial charge in [0.25, 0.3) is 5.91 Å². The quantitative estimate of drug-likeness (QED) is 0.0981. The lowest BCUT2D eigenvalue weighted by molar-refractivity contribution is -0.126. The Morgan fingerprint density at radius 2 is 1.62 bits per heavy atom. The van der Waals surface area contributed by atoms with Crippen molar-refractivity contribution in [3.63, 3.8) is 0 Å². The van der Waals surface area contributed by atoms with Gasteiger partial charge in [-0.3, -0.25) is 9.59 Å². The van der Waals surface area contributed by atoms with Gasteiger partial charge in [0.2, 0.25) is 5.91 Å². The molecule has 4 aromatic rings. The highest BCUT2D eigenvalue weighted by Crippen LogP contribution is 2.43. The lowest BCUT2D eigenvalue weighted by atomic mass is 9.77. The minimum atomic E-state index is -0.559. The zero-order valence-corrected chi connectivity index (χ0v) is 25.4. The van der Waals surface area contributed by atoms with Crippen LogP contribution in [0.25, 0.3) is 17.2 Å². The monoisotopic (exact) mass is 601 g/mol. The Morgan fingerprint density at radius 1 is 0.867 bits per heavy atom. The molecular weight excluding hydrogens is 562 g/mol. The van der Waals surface area contributed by atoms with Crippen LogP contribution in [-0.2, 0) is 16.6 Å². The van der Waals surface area contributed by atoms with E-state index in [0.29, 0.717) is 37.5 Å². The van der Waals surface area contributed by atoms with Gasteiger partial charge in [0.15, 0.2) is 0 Å². The summed E-state index contributed by atoms with van der Waals surface area (Å²) in [5.74, 6) is 6.49. The summed E-state index contributed by atoms with van der Waals surface area (Å²) in [4.78, 5) is 30.0. The second-order valence-electron chi connectivity index (χ2n) is 11.8. The van der Waals surface area contributed by atoms with Gasteiger partial charge < -0.3 is 20.8 Å². The summed E-state index contributed by atoms with van der Waals surface area (Å²) < 4.78 is 6.26. The number of hydrazine groups is 1. The van der Waals surface area contributed by atoms with Gasteiger partial charge in [0, 0.05) is 24.8 Å². The third-order valence-electron chi connectivity index (χ3n) is 8.82. The van der Waals surface area contributed by atoms with Crippen LogP contribution < -0.4 is 26.6 Å². The first-order valence-electron chi connectivity index (χ1n) is 15.6. The van der Waals surface area contributed by atoms with Crippen LogP contribution in [0, 0.1) is 0 Å². The molecule has 1 saturated carbocycles. The third kappa shape index (κ3) is 6.91. The molecule has 0 unspecified atom stereocenters. The molecule has 1 aliphatic carbocycles. The summed E-state index contributed by atoms with van der Waals surface area (Å²) in [6, 6.07) is 28.7. The van der Waals surface area contributed by atoms with Crippen LogP contribution in [0.5, 0.6) is 5.75 Å². The Hall–Kier alpha value is -4.95. The maximum Gasteiger partial charge on any atom is 0.252 e. The van der Waals surface area contributed by atoms with E-state index in [1.807, 2.05) is 6.07 Å². The number of hydrogen-bond donors (Lipinski definition) is 4. The Balaban J connectivity index is 1.05. The largest absolute Gasteiger partial charge is 0.489 e. The number of pyridine rings is 1. The molecule has 0 atom stereocenters. The molecule has 1 fully saturated rings. The highest BCUT2D eigenvalue weighted by Gasteiger charge is 2.43. The number of carbonyl (C=O) groups is 2. The molecule has 0 spiro atoms. The lowest BCUT2D eigenvalue weighted by Gasteiger charge is -2.30. The van der Waals surface area contributed by atoms with Gasteiger partial charge in [-0.25, -0.2) is 10.8 Å². The van der Waals surface area contributed by atoms with Crippen molar-refractivity contribution in [1.82, 2.24) is 15.6 Å². The molecule has 5 N–H and O–H groups in total. The number of nitrogen functional groups attached to an aromatic ring is 1. The topological polar surface area (TPSA) is 118 Å². The molecule has 8 nitrogen and oxygen atoms in total. The molecule has 0 bridgehead atoms. The number of nitrogens with zero attached hydrogens (tertiary/aromatic N) is 1. The molecule has 1 aliphatic heterocycles. The van der Waals surface area contributed by atoms with E-state index in [1.54, 1.807) is 12.1 Å². The molecule has 230 valence electrons. The van der Waals surface area contributed by atoms with Gasteiger partial charge in [0.1, 0.15) is 18.2 Å². The van der Waals surface area contributed by atoms with Gasteiger partial charge >= 0.3 is 0 Å². The number of anilines is 1. The number of carbonyl (C=O) groups excluding carboxylic acids is 2. The fraction of sp³-hybridized carbons (Fsp3) is 0.270. The highest BCUT2D eigenvalue weighted by molar-refractivity contribution is 5.94. The average molecular weight is 602 g/mol. The second kappa shape index (κ2) is 13.8. The van der Waals surface area contributed by atoms with Crippen LogP contribution in [0.4, 0.5) is 5.82 Å². The summed E-state index contributed by atoms with van der Waals surface area (Å²) in [7, 11) is 0. The number of amides is 2. The van der Waals surface area contributed by atoms with E-state index >= 15 is 0 Å². The number of nitrogens with two attached hydrogens (primary N) is 1. The van der Waals surface area contributed by atoms with Crippen LogP contribution in [0.15, 0.2) is 96.7 Å². The fourth-order valence-corrected chi connectivity index (χ4v) is 6.32. The molecule has 6 rings (SSSR count). The van der Waals surface area contributed by atoms with E-state index in [-0.39, 0.29) is 11.8 Å². The zero-order chi connectivity index (χ0) is 31.1. The normalized spacial score (nSPS) is 14.9. The maximum absolute atomic E-state index is 13.6. The van der Waals surface area contributed by atoms with Crippen LogP contribution in [0.3, 0.4) is 0 Å².